The largest absolute Gasteiger partial charge is 0.330 e. The maximum absolute atomic E-state index is 12.4. The van der Waals surface area contributed by atoms with Gasteiger partial charge < -0.3 is 4.90 Å². The van der Waals surface area contributed by atoms with Crippen LogP contribution in [0.1, 0.15) is 30.1 Å². The topological polar surface area (TPSA) is 46.1 Å². The van der Waals surface area contributed by atoms with Gasteiger partial charge in [-0.15, -0.1) is 0 Å². The second-order valence-electron chi connectivity index (χ2n) is 5.06. The predicted molar refractivity (Wildman–Crippen MR) is 81.2 cm³/mol. The Morgan fingerprint density at radius 1 is 1.24 bits per heavy atom. The van der Waals surface area contributed by atoms with E-state index in [9.17, 15) is 4.79 Å². The van der Waals surface area contributed by atoms with E-state index in [2.05, 4.69) is 9.97 Å². The third-order valence-electron chi connectivity index (χ3n) is 3.68. The molecule has 1 unspecified atom stereocenters. The van der Waals surface area contributed by atoms with E-state index in [1.165, 1.54) is 0 Å². The number of rotatable bonds is 3. The second-order valence-corrected chi connectivity index (χ2v) is 5.06. The molecule has 3 rings (SSSR count). The smallest absolute Gasteiger partial charge is 0.247 e. The molecule has 0 N–H and O–H groups in total. The van der Waals surface area contributed by atoms with Crippen LogP contribution in [-0.4, -0.2) is 27.3 Å². The molecule has 1 saturated heterocycles. The lowest BCUT2D eigenvalue weighted by molar-refractivity contribution is -0.126. The lowest BCUT2D eigenvalue weighted by Gasteiger charge is -2.22. The molecule has 1 fully saturated rings. The Hall–Kier alpha value is -2.49. The van der Waals surface area contributed by atoms with Crippen molar-refractivity contribution in [2.45, 2.75) is 18.9 Å². The fraction of sp³-hybridized carbons (Fsp3) is 0.235. The summed E-state index contributed by atoms with van der Waals surface area (Å²) < 4.78 is 0. The summed E-state index contributed by atoms with van der Waals surface area (Å²) in [6.45, 7) is 0.777. The number of aromatic nitrogens is 2. The van der Waals surface area contributed by atoms with Crippen LogP contribution in [0.2, 0.25) is 0 Å². The molecule has 1 aliphatic rings. The number of hydrogen-bond donors (Lipinski definition) is 0. The van der Waals surface area contributed by atoms with Gasteiger partial charge in [0.15, 0.2) is 0 Å². The third-order valence-corrected chi connectivity index (χ3v) is 3.68. The lowest BCUT2D eigenvalue weighted by atomic mass is 10.1. The Morgan fingerprint density at radius 2 is 2.10 bits per heavy atom. The van der Waals surface area contributed by atoms with Crippen molar-refractivity contribution < 1.29 is 4.79 Å². The van der Waals surface area contributed by atoms with Crippen LogP contribution in [-0.2, 0) is 4.79 Å². The molecular weight excluding hydrogens is 262 g/mol. The normalized spacial score (nSPS) is 18.3. The molecule has 1 aliphatic heterocycles. The molecule has 1 aromatic heterocycles. The van der Waals surface area contributed by atoms with Crippen molar-refractivity contribution in [1.82, 2.24) is 14.9 Å². The van der Waals surface area contributed by atoms with Crippen LogP contribution >= 0.6 is 0 Å². The van der Waals surface area contributed by atoms with E-state index in [0.29, 0.717) is 0 Å². The number of carbonyl (C=O) groups is 1. The van der Waals surface area contributed by atoms with Crippen molar-refractivity contribution in [3.63, 3.8) is 0 Å². The highest BCUT2D eigenvalue weighted by Gasteiger charge is 2.29. The van der Waals surface area contributed by atoms with Gasteiger partial charge in [0, 0.05) is 25.0 Å². The summed E-state index contributed by atoms with van der Waals surface area (Å²) in [5, 5.41) is 0. The summed E-state index contributed by atoms with van der Waals surface area (Å²) in [4.78, 5) is 22.7. The summed E-state index contributed by atoms with van der Waals surface area (Å²) in [5.41, 5.74) is 1.90. The fourth-order valence-electron chi connectivity index (χ4n) is 2.65. The van der Waals surface area contributed by atoms with Gasteiger partial charge in [-0.25, -0.2) is 0 Å². The zero-order valence-electron chi connectivity index (χ0n) is 11.7. The van der Waals surface area contributed by atoms with Crippen LogP contribution in [0.5, 0.6) is 0 Å². The molecule has 21 heavy (non-hydrogen) atoms. The molecule has 1 atom stereocenters. The maximum atomic E-state index is 12.4. The number of hydrogen-bond acceptors (Lipinski definition) is 3. The van der Waals surface area contributed by atoms with E-state index in [1.807, 2.05) is 41.3 Å². The van der Waals surface area contributed by atoms with Crippen LogP contribution in [0, 0.1) is 0 Å². The van der Waals surface area contributed by atoms with Gasteiger partial charge in [-0.1, -0.05) is 30.3 Å². The summed E-state index contributed by atoms with van der Waals surface area (Å²) in [6, 6.07) is 9.89. The van der Waals surface area contributed by atoms with Crippen molar-refractivity contribution in [2.24, 2.45) is 0 Å². The van der Waals surface area contributed by atoms with Crippen molar-refractivity contribution in [1.29, 1.82) is 0 Å². The van der Waals surface area contributed by atoms with Crippen molar-refractivity contribution in [3.05, 3.63) is 66.3 Å². The quantitative estimate of drug-likeness (QED) is 0.812. The summed E-state index contributed by atoms with van der Waals surface area (Å²) in [6.07, 6.45) is 10.5. The molecule has 0 spiro atoms. The summed E-state index contributed by atoms with van der Waals surface area (Å²) >= 11 is 0. The first-order valence-corrected chi connectivity index (χ1v) is 7.14. The zero-order valence-corrected chi connectivity index (χ0v) is 11.7. The van der Waals surface area contributed by atoms with Gasteiger partial charge in [-0.3, -0.25) is 14.8 Å². The number of carbonyl (C=O) groups excluding carboxylic acids is 1. The molecular formula is C17H17N3O. The first kappa shape index (κ1) is 13.5. The maximum Gasteiger partial charge on any atom is 0.247 e. The summed E-state index contributed by atoms with van der Waals surface area (Å²) in [5.74, 6) is 0.0343. The molecule has 1 aromatic carbocycles. The van der Waals surface area contributed by atoms with Crippen molar-refractivity contribution in [3.8, 4) is 0 Å². The number of nitrogens with zero attached hydrogens (tertiary/aromatic N) is 3. The van der Waals surface area contributed by atoms with Gasteiger partial charge in [0.25, 0.3) is 0 Å². The first-order chi connectivity index (χ1) is 10.3. The standard InChI is InChI=1S/C17H17N3O/c21-17(9-8-14-5-2-1-3-6-14)20-12-4-7-16(20)15-13-18-10-11-19-15/h1-3,5-6,8-11,13,16H,4,7,12H2/b9-8+. The van der Waals surface area contributed by atoms with Crippen LogP contribution < -0.4 is 0 Å². The van der Waals surface area contributed by atoms with E-state index < -0.39 is 0 Å². The van der Waals surface area contributed by atoms with Crippen LogP contribution in [0.15, 0.2) is 55.0 Å². The minimum absolute atomic E-state index is 0.0343. The van der Waals surface area contributed by atoms with Gasteiger partial charge in [0.1, 0.15) is 0 Å². The molecule has 2 aromatic rings. The van der Waals surface area contributed by atoms with Gasteiger partial charge in [-0.2, -0.15) is 0 Å². The molecule has 1 amide bonds. The Morgan fingerprint density at radius 3 is 2.86 bits per heavy atom. The number of amides is 1. The highest BCUT2D eigenvalue weighted by atomic mass is 16.2. The number of likely N-dealkylation sites (tertiary alicyclic amines) is 1. The van der Waals surface area contributed by atoms with Crippen LogP contribution in [0.25, 0.3) is 6.08 Å². The predicted octanol–water partition coefficient (Wildman–Crippen LogP) is 2.85. The zero-order chi connectivity index (χ0) is 14.5. The molecule has 0 radical (unpaired) electrons. The fourth-order valence-corrected chi connectivity index (χ4v) is 2.65. The highest BCUT2D eigenvalue weighted by molar-refractivity contribution is 5.92. The Balaban J connectivity index is 1.73. The van der Waals surface area contributed by atoms with Gasteiger partial charge in [0.2, 0.25) is 5.91 Å². The van der Waals surface area contributed by atoms with E-state index in [1.54, 1.807) is 24.7 Å². The van der Waals surface area contributed by atoms with E-state index in [-0.39, 0.29) is 11.9 Å². The molecule has 0 bridgehead atoms. The number of benzene rings is 1. The van der Waals surface area contributed by atoms with E-state index in [0.717, 1.165) is 30.6 Å². The van der Waals surface area contributed by atoms with Crippen molar-refractivity contribution in [2.75, 3.05) is 6.54 Å². The van der Waals surface area contributed by atoms with Gasteiger partial charge >= 0.3 is 0 Å². The van der Waals surface area contributed by atoms with Crippen molar-refractivity contribution >= 4 is 12.0 Å². The monoisotopic (exact) mass is 279 g/mol. The average Bonchev–Trinajstić information content (AvgIpc) is 3.04. The Kier molecular flexibility index (Phi) is 4.05. The molecule has 0 saturated carbocycles. The molecule has 0 aliphatic carbocycles. The Labute approximate surface area is 124 Å². The van der Waals surface area contributed by atoms with Gasteiger partial charge in [-0.05, 0) is 24.5 Å². The highest BCUT2D eigenvalue weighted by Crippen LogP contribution is 2.30. The SMILES string of the molecule is O=C(/C=C/c1ccccc1)N1CCCC1c1cnccn1. The van der Waals surface area contributed by atoms with E-state index in [4.69, 9.17) is 0 Å². The molecule has 2 heterocycles. The Bertz CT molecular complexity index is 625. The minimum atomic E-state index is 0.0343. The first-order valence-electron chi connectivity index (χ1n) is 7.14. The van der Waals surface area contributed by atoms with Crippen LogP contribution in [0.4, 0.5) is 0 Å². The average molecular weight is 279 g/mol. The van der Waals surface area contributed by atoms with Crippen LogP contribution in [0.3, 0.4) is 0 Å². The molecule has 4 heteroatoms. The molecule has 4 nitrogen and oxygen atoms in total. The van der Waals surface area contributed by atoms with Gasteiger partial charge in [0.05, 0.1) is 17.9 Å². The third kappa shape index (κ3) is 3.16. The summed E-state index contributed by atoms with van der Waals surface area (Å²) in [7, 11) is 0. The minimum Gasteiger partial charge on any atom is -0.330 e. The van der Waals surface area contributed by atoms with E-state index >= 15 is 0 Å². The second kappa shape index (κ2) is 6.31. The molecule has 106 valence electrons. The lowest BCUT2D eigenvalue weighted by Crippen LogP contribution is -2.29.